The zero-order chi connectivity index (χ0) is 12.4. The highest BCUT2D eigenvalue weighted by atomic mass is 32.2. The fourth-order valence-corrected chi connectivity index (χ4v) is 2.41. The first-order chi connectivity index (χ1) is 7.55. The van der Waals surface area contributed by atoms with Crippen molar-refractivity contribution < 1.29 is 0 Å². The van der Waals surface area contributed by atoms with Crippen LogP contribution in [0.5, 0.6) is 0 Å². The molecule has 0 amide bonds. The van der Waals surface area contributed by atoms with Crippen molar-refractivity contribution in [2.75, 3.05) is 37.7 Å². The van der Waals surface area contributed by atoms with E-state index in [1.54, 1.807) is 0 Å². The van der Waals surface area contributed by atoms with E-state index in [0.717, 1.165) is 13.1 Å². The predicted octanol–water partition coefficient (Wildman–Crippen LogP) is 2.83. The van der Waals surface area contributed by atoms with E-state index in [0.29, 0.717) is 0 Å². The van der Waals surface area contributed by atoms with Gasteiger partial charge in [0.25, 0.3) is 0 Å². The highest BCUT2D eigenvalue weighted by molar-refractivity contribution is 7.99. The summed E-state index contributed by atoms with van der Waals surface area (Å²) in [6.07, 6.45) is 2.54. The molecule has 0 aliphatic carbocycles. The van der Waals surface area contributed by atoms with E-state index >= 15 is 0 Å². The predicted molar refractivity (Wildman–Crippen MR) is 77.2 cm³/mol. The van der Waals surface area contributed by atoms with Crippen molar-refractivity contribution in [2.24, 2.45) is 11.1 Å². The van der Waals surface area contributed by atoms with Gasteiger partial charge in [-0.2, -0.15) is 11.8 Å². The van der Waals surface area contributed by atoms with Crippen LogP contribution in [0.1, 0.15) is 40.5 Å². The van der Waals surface area contributed by atoms with Gasteiger partial charge in [-0.15, -0.1) is 0 Å². The summed E-state index contributed by atoms with van der Waals surface area (Å²) in [7, 11) is 0. The summed E-state index contributed by atoms with van der Waals surface area (Å²) >= 11 is 2.04. The smallest absolute Gasteiger partial charge is 0.00448 e. The van der Waals surface area contributed by atoms with E-state index in [2.05, 4.69) is 32.6 Å². The summed E-state index contributed by atoms with van der Waals surface area (Å²) in [5.41, 5.74) is 6.05. The van der Waals surface area contributed by atoms with Crippen LogP contribution >= 0.6 is 11.8 Å². The molecule has 2 nitrogen and oxygen atoms in total. The van der Waals surface area contributed by atoms with Crippen molar-refractivity contribution >= 4 is 11.8 Å². The molecule has 0 bridgehead atoms. The molecule has 2 N–H and O–H groups in total. The molecule has 0 heterocycles. The second-order valence-corrected chi connectivity index (χ2v) is 6.59. The Balaban J connectivity index is 3.87. The van der Waals surface area contributed by atoms with Gasteiger partial charge in [0, 0.05) is 6.54 Å². The number of thioether (sulfide) groups is 1. The Morgan fingerprint density at radius 2 is 1.88 bits per heavy atom. The topological polar surface area (TPSA) is 29.3 Å². The van der Waals surface area contributed by atoms with Crippen LogP contribution in [0, 0.1) is 5.41 Å². The van der Waals surface area contributed by atoms with Crippen molar-refractivity contribution in [1.29, 1.82) is 0 Å². The molecule has 16 heavy (non-hydrogen) atoms. The molecule has 0 rings (SSSR count). The van der Waals surface area contributed by atoms with Gasteiger partial charge in [0.2, 0.25) is 0 Å². The van der Waals surface area contributed by atoms with Gasteiger partial charge in [0.15, 0.2) is 0 Å². The normalized spacial score (nSPS) is 12.4. The summed E-state index contributed by atoms with van der Waals surface area (Å²) in [6.45, 7) is 13.3. The van der Waals surface area contributed by atoms with Crippen molar-refractivity contribution in [3.8, 4) is 0 Å². The number of hydrogen-bond acceptors (Lipinski definition) is 3. The molecule has 0 aliphatic heterocycles. The molecule has 0 saturated carbocycles. The van der Waals surface area contributed by atoms with Gasteiger partial charge < -0.3 is 10.6 Å². The van der Waals surface area contributed by atoms with Crippen molar-refractivity contribution in [3.05, 3.63) is 0 Å². The molecule has 0 radical (unpaired) electrons. The minimum Gasteiger partial charge on any atom is -0.330 e. The summed E-state index contributed by atoms with van der Waals surface area (Å²) < 4.78 is 0. The van der Waals surface area contributed by atoms with Crippen LogP contribution in [0.3, 0.4) is 0 Å². The maximum atomic E-state index is 5.80. The van der Waals surface area contributed by atoms with E-state index < -0.39 is 0 Å². The lowest BCUT2D eigenvalue weighted by Crippen LogP contribution is -2.39. The summed E-state index contributed by atoms with van der Waals surface area (Å²) in [4.78, 5) is 2.57. The SMILES string of the molecule is CCCN(CCCSCC)CC(C)(C)CN. The third kappa shape index (κ3) is 8.43. The Bertz CT molecular complexity index is 160. The van der Waals surface area contributed by atoms with Crippen molar-refractivity contribution in [1.82, 2.24) is 4.90 Å². The molecule has 0 saturated heterocycles. The van der Waals surface area contributed by atoms with Crippen LogP contribution < -0.4 is 5.73 Å². The molecule has 0 aliphatic rings. The van der Waals surface area contributed by atoms with Gasteiger partial charge in [-0.3, -0.25) is 0 Å². The number of nitrogens with two attached hydrogens (primary N) is 1. The van der Waals surface area contributed by atoms with Gasteiger partial charge in [-0.05, 0) is 49.4 Å². The number of hydrogen-bond donors (Lipinski definition) is 1. The molecular formula is C13H30N2S. The maximum Gasteiger partial charge on any atom is 0.00448 e. The fraction of sp³-hybridized carbons (Fsp3) is 1.00. The molecule has 0 spiro atoms. The Hall–Kier alpha value is 0.270. The monoisotopic (exact) mass is 246 g/mol. The second-order valence-electron chi connectivity index (χ2n) is 5.19. The third-order valence-corrected chi connectivity index (χ3v) is 3.70. The molecule has 0 aromatic rings. The molecule has 3 heteroatoms. The number of nitrogens with zero attached hydrogens (tertiary/aromatic N) is 1. The molecule has 0 atom stereocenters. The van der Waals surface area contributed by atoms with Crippen LogP contribution in [0.25, 0.3) is 0 Å². The van der Waals surface area contributed by atoms with Crippen LogP contribution in [0.2, 0.25) is 0 Å². The van der Waals surface area contributed by atoms with Crippen molar-refractivity contribution in [3.63, 3.8) is 0 Å². The average Bonchev–Trinajstić information content (AvgIpc) is 2.24. The molecule has 0 aromatic heterocycles. The van der Waals surface area contributed by atoms with Crippen LogP contribution in [0.4, 0.5) is 0 Å². The third-order valence-electron chi connectivity index (χ3n) is 2.71. The minimum absolute atomic E-state index is 0.257. The second kappa shape index (κ2) is 9.32. The summed E-state index contributed by atoms with van der Waals surface area (Å²) in [5.74, 6) is 2.53. The van der Waals surface area contributed by atoms with E-state index in [9.17, 15) is 0 Å². The highest BCUT2D eigenvalue weighted by Gasteiger charge is 2.19. The molecule has 0 unspecified atom stereocenters. The molecular weight excluding hydrogens is 216 g/mol. The lowest BCUT2D eigenvalue weighted by atomic mass is 9.93. The molecule has 98 valence electrons. The Morgan fingerprint density at radius 3 is 2.38 bits per heavy atom. The van der Waals surface area contributed by atoms with Crippen LogP contribution in [-0.4, -0.2) is 42.6 Å². The Morgan fingerprint density at radius 1 is 1.19 bits per heavy atom. The van der Waals surface area contributed by atoms with Gasteiger partial charge in [0.1, 0.15) is 0 Å². The standard InChI is InChI=1S/C13H30N2S/c1-5-8-15(9-7-10-16-6-2)12-13(3,4)11-14/h5-12,14H2,1-4H3. The van der Waals surface area contributed by atoms with Gasteiger partial charge in [0.05, 0.1) is 0 Å². The molecule has 0 fully saturated rings. The maximum absolute atomic E-state index is 5.80. The molecule has 0 aromatic carbocycles. The first kappa shape index (κ1) is 16.3. The van der Waals surface area contributed by atoms with E-state index in [4.69, 9.17) is 5.73 Å². The van der Waals surface area contributed by atoms with Crippen LogP contribution in [0.15, 0.2) is 0 Å². The van der Waals surface area contributed by atoms with Gasteiger partial charge in [-0.1, -0.05) is 27.7 Å². The minimum atomic E-state index is 0.257. The van der Waals surface area contributed by atoms with Gasteiger partial charge >= 0.3 is 0 Å². The first-order valence-electron chi connectivity index (χ1n) is 6.56. The van der Waals surface area contributed by atoms with E-state index in [1.165, 1.54) is 37.4 Å². The van der Waals surface area contributed by atoms with Gasteiger partial charge in [-0.25, -0.2) is 0 Å². The largest absolute Gasteiger partial charge is 0.330 e. The van der Waals surface area contributed by atoms with E-state index in [-0.39, 0.29) is 5.41 Å². The fourth-order valence-electron chi connectivity index (χ4n) is 1.79. The Kier molecular flexibility index (Phi) is 9.47. The van der Waals surface area contributed by atoms with Crippen molar-refractivity contribution in [2.45, 2.75) is 40.5 Å². The lowest BCUT2D eigenvalue weighted by Gasteiger charge is -2.31. The zero-order valence-electron chi connectivity index (χ0n) is 11.6. The quantitative estimate of drug-likeness (QED) is 0.601. The van der Waals surface area contributed by atoms with Crippen LogP contribution in [-0.2, 0) is 0 Å². The highest BCUT2D eigenvalue weighted by Crippen LogP contribution is 2.15. The Labute approximate surface area is 106 Å². The lowest BCUT2D eigenvalue weighted by molar-refractivity contribution is 0.183. The first-order valence-corrected chi connectivity index (χ1v) is 7.71. The van der Waals surface area contributed by atoms with E-state index in [1.807, 2.05) is 11.8 Å². The average molecular weight is 246 g/mol. The zero-order valence-corrected chi connectivity index (χ0v) is 12.4. The number of rotatable bonds is 10. The summed E-state index contributed by atoms with van der Waals surface area (Å²) in [6, 6.07) is 0. The summed E-state index contributed by atoms with van der Waals surface area (Å²) in [5, 5.41) is 0.